The van der Waals surface area contributed by atoms with Gasteiger partial charge in [-0.25, -0.2) is 4.98 Å². The Balaban J connectivity index is 2.31. The summed E-state index contributed by atoms with van der Waals surface area (Å²) in [5, 5.41) is 4.88. The Labute approximate surface area is 110 Å². The van der Waals surface area contributed by atoms with Gasteiger partial charge >= 0.3 is 0 Å². The minimum Gasteiger partial charge on any atom is -0.339 e. The second-order valence-electron chi connectivity index (χ2n) is 3.80. The summed E-state index contributed by atoms with van der Waals surface area (Å²) in [7, 11) is 0. The predicted octanol–water partition coefficient (Wildman–Crippen LogP) is 1.81. The Morgan fingerprint density at radius 3 is 2.56 bits per heavy atom. The van der Waals surface area contributed by atoms with Gasteiger partial charge in [-0.2, -0.15) is 4.98 Å². The average molecular weight is 267 g/mol. The van der Waals surface area contributed by atoms with Crippen LogP contribution >= 0.6 is 11.3 Å². The molecule has 0 saturated carbocycles. The van der Waals surface area contributed by atoms with E-state index in [-0.39, 0.29) is 0 Å². The van der Waals surface area contributed by atoms with E-state index in [1.54, 1.807) is 0 Å². The molecule has 2 aromatic heterocycles. The van der Waals surface area contributed by atoms with Crippen LogP contribution in [0, 0.1) is 6.92 Å². The molecule has 0 bridgehead atoms. The van der Waals surface area contributed by atoms with Crippen molar-refractivity contribution < 1.29 is 4.52 Å². The van der Waals surface area contributed by atoms with Crippen LogP contribution in [-0.2, 0) is 6.54 Å². The number of nitrogens with two attached hydrogens (primary N) is 1. The van der Waals surface area contributed by atoms with Crippen LogP contribution in [0.3, 0.4) is 0 Å². The van der Waals surface area contributed by atoms with E-state index in [4.69, 9.17) is 10.3 Å². The summed E-state index contributed by atoms with van der Waals surface area (Å²) in [6.07, 6.45) is 0. The number of aromatic nitrogens is 3. The van der Waals surface area contributed by atoms with Crippen molar-refractivity contribution in [2.45, 2.75) is 27.3 Å². The summed E-state index contributed by atoms with van der Waals surface area (Å²) in [4.78, 5) is 11.7. The molecule has 0 unspecified atom stereocenters. The lowest BCUT2D eigenvalue weighted by molar-refractivity contribution is 0.430. The first-order valence-electron chi connectivity index (χ1n) is 5.95. The summed E-state index contributed by atoms with van der Waals surface area (Å²) in [6, 6.07) is 0. The highest BCUT2D eigenvalue weighted by Gasteiger charge is 2.17. The van der Waals surface area contributed by atoms with Crippen molar-refractivity contribution in [1.29, 1.82) is 0 Å². The molecule has 0 amide bonds. The van der Waals surface area contributed by atoms with Gasteiger partial charge in [-0.3, -0.25) is 0 Å². The fourth-order valence-corrected chi connectivity index (χ4v) is 2.55. The molecule has 2 aromatic rings. The van der Waals surface area contributed by atoms with Gasteiger partial charge in [0.2, 0.25) is 0 Å². The van der Waals surface area contributed by atoms with Crippen molar-refractivity contribution in [3.05, 3.63) is 10.7 Å². The zero-order chi connectivity index (χ0) is 13.1. The lowest BCUT2D eigenvalue weighted by Gasteiger charge is -2.14. The minimum absolute atomic E-state index is 0.433. The lowest BCUT2D eigenvalue weighted by atomic mass is 10.4. The first kappa shape index (κ1) is 13.0. The van der Waals surface area contributed by atoms with E-state index >= 15 is 0 Å². The molecule has 2 rings (SSSR count). The van der Waals surface area contributed by atoms with E-state index in [0.29, 0.717) is 18.4 Å². The van der Waals surface area contributed by atoms with E-state index in [9.17, 15) is 0 Å². The van der Waals surface area contributed by atoms with Gasteiger partial charge in [-0.1, -0.05) is 0 Å². The molecule has 98 valence electrons. The number of anilines is 1. The highest BCUT2D eigenvalue weighted by molar-refractivity contribution is 7.15. The third kappa shape index (κ3) is 2.37. The standard InChI is InChI=1S/C11H17N5OS/c1-4-16(5-2)11-14-10(17-15-11)9-7(3)13-8(6-12)18-9/h4-6,12H2,1-3H3. The molecule has 7 heteroatoms. The van der Waals surface area contributed by atoms with Crippen LogP contribution in [0.15, 0.2) is 4.52 Å². The SMILES string of the molecule is CCN(CC)c1noc(-c2sc(CN)nc2C)n1. The van der Waals surface area contributed by atoms with Gasteiger partial charge in [0.15, 0.2) is 0 Å². The average Bonchev–Trinajstić information content (AvgIpc) is 2.97. The molecule has 0 aliphatic heterocycles. The molecular weight excluding hydrogens is 250 g/mol. The van der Waals surface area contributed by atoms with E-state index < -0.39 is 0 Å². The van der Waals surface area contributed by atoms with Crippen LogP contribution in [0.1, 0.15) is 24.5 Å². The highest BCUT2D eigenvalue weighted by Crippen LogP contribution is 2.29. The van der Waals surface area contributed by atoms with Gasteiger partial charge in [0.1, 0.15) is 9.88 Å². The van der Waals surface area contributed by atoms with Crippen molar-refractivity contribution in [2.24, 2.45) is 5.73 Å². The zero-order valence-corrected chi connectivity index (χ0v) is 11.6. The number of aryl methyl sites for hydroxylation is 1. The van der Waals surface area contributed by atoms with Gasteiger partial charge in [-0.15, -0.1) is 11.3 Å². The molecule has 0 aliphatic rings. The number of hydrogen-bond acceptors (Lipinski definition) is 7. The molecule has 0 spiro atoms. The molecule has 0 fully saturated rings. The Bertz CT molecular complexity index is 517. The Kier molecular flexibility index (Phi) is 3.93. The third-order valence-corrected chi connectivity index (χ3v) is 3.84. The summed E-state index contributed by atoms with van der Waals surface area (Å²) in [6.45, 7) is 8.18. The van der Waals surface area contributed by atoms with Crippen LogP contribution in [0.5, 0.6) is 0 Å². The number of rotatable bonds is 5. The molecule has 0 radical (unpaired) electrons. The monoisotopic (exact) mass is 267 g/mol. The highest BCUT2D eigenvalue weighted by atomic mass is 32.1. The Morgan fingerprint density at radius 1 is 1.28 bits per heavy atom. The molecule has 0 aliphatic carbocycles. The smallest absolute Gasteiger partial charge is 0.271 e. The molecule has 2 N–H and O–H groups in total. The van der Waals surface area contributed by atoms with Crippen molar-refractivity contribution in [3.8, 4) is 10.8 Å². The van der Waals surface area contributed by atoms with Crippen molar-refractivity contribution in [2.75, 3.05) is 18.0 Å². The van der Waals surface area contributed by atoms with Crippen LogP contribution in [0.2, 0.25) is 0 Å². The Morgan fingerprint density at radius 2 is 2.00 bits per heavy atom. The summed E-state index contributed by atoms with van der Waals surface area (Å²) >= 11 is 1.50. The molecule has 6 nitrogen and oxygen atoms in total. The van der Waals surface area contributed by atoms with Crippen LogP contribution < -0.4 is 10.6 Å². The van der Waals surface area contributed by atoms with Gasteiger partial charge < -0.3 is 15.2 Å². The van der Waals surface area contributed by atoms with Crippen molar-refractivity contribution in [1.82, 2.24) is 15.1 Å². The molecule has 18 heavy (non-hydrogen) atoms. The number of hydrogen-bond donors (Lipinski definition) is 1. The van der Waals surface area contributed by atoms with E-state index in [2.05, 4.69) is 29.0 Å². The molecule has 0 saturated heterocycles. The summed E-state index contributed by atoms with van der Waals surface area (Å²) in [5.74, 6) is 1.14. The van der Waals surface area contributed by atoms with E-state index in [0.717, 1.165) is 28.7 Å². The largest absolute Gasteiger partial charge is 0.339 e. The number of thiazole rings is 1. The summed E-state index contributed by atoms with van der Waals surface area (Å²) < 4.78 is 5.30. The first-order chi connectivity index (χ1) is 8.69. The van der Waals surface area contributed by atoms with Gasteiger partial charge in [0, 0.05) is 19.6 Å². The molecular formula is C11H17N5OS. The maximum atomic E-state index is 5.58. The van der Waals surface area contributed by atoms with Gasteiger partial charge in [0.05, 0.1) is 5.69 Å². The van der Waals surface area contributed by atoms with Crippen LogP contribution in [-0.4, -0.2) is 28.2 Å². The van der Waals surface area contributed by atoms with Crippen LogP contribution in [0.25, 0.3) is 10.8 Å². The molecule has 2 heterocycles. The molecule has 0 atom stereocenters. The fraction of sp³-hybridized carbons (Fsp3) is 0.545. The second kappa shape index (κ2) is 5.45. The Hall–Kier alpha value is -1.47. The van der Waals surface area contributed by atoms with Crippen LogP contribution in [0.4, 0.5) is 5.95 Å². The predicted molar refractivity (Wildman–Crippen MR) is 71.6 cm³/mol. The maximum absolute atomic E-state index is 5.58. The fourth-order valence-electron chi connectivity index (χ4n) is 1.68. The second-order valence-corrected chi connectivity index (χ2v) is 4.88. The van der Waals surface area contributed by atoms with E-state index in [1.807, 2.05) is 11.8 Å². The first-order valence-corrected chi connectivity index (χ1v) is 6.76. The lowest BCUT2D eigenvalue weighted by Crippen LogP contribution is -2.22. The zero-order valence-electron chi connectivity index (χ0n) is 10.8. The minimum atomic E-state index is 0.433. The van der Waals surface area contributed by atoms with Gasteiger partial charge in [-0.05, 0) is 25.9 Å². The maximum Gasteiger partial charge on any atom is 0.271 e. The molecule has 0 aromatic carbocycles. The quantitative estimate of drug-likeness (QED) is 0.889. The van der Waals surface area contributed by atoms with Gasteiger partial charge in [0.25, 0.3) is 11.8 Å². The number of nitrogens with zero attached hydrogens (tertiary/aromatic N) is 4. The van der Waals surface area contributed by atoms with Crippen molar-refractivity contribution in [3.63, 3.8) is 0 Å². The summed E-state index contributed by atoms with van der Waals surface area (Å²) in [5.41, 5.74) is 6.46. The third-order valence-electron chi connectivity index (χ3n) is 2.67. The van der Waals surface area contributed by atoms with Crippen molar-refractivity contribution >= 4 is 17.3 Å². The normalized spacial score (nSPS) is 10.9. The topological polar surface area (TPSA) is 81.1 Å². The van der Waals surface area contributed by atoms with E-state index in [1.165, 1.54) is 11.3 Å².